The summed E-state index contributed by atoms with van der Waals surface area (Å²) in [6.45, 7) is 5.82. The molecule has 1 aliphatic heterocycles. The molecule has 4 rings (SSSR count). The largest absolute Gasteiger partial charge is 0.507 e. The standard InChI is InChI=1S/C24H21NO3S/c1-14-8-10-17(11-9-14)21(26)19-20(23-16(3)12-13-29-23)25(24(28)22(19)27)18-7-5-4-6-15(18)2/h4-13,20,26H,1-3H3/b21-19-. The van der Waals surface area contributed by atoms with Crippen LogP contribution in [0.5, 0.6) is 0 Å². The summed E-state index contributed by atoms with van der Waals surface area (Å²) in [6.07, 6.45) is 0. The molecule has 4 nitrogen and oxygen atoms in total. The second-order valence-electron chi connectivity index (χ2n) is 7.29. The van der Waals surface area contributed by atoms with E-state index in [4.69, 9.17) is 0 Å². The van der Waals surface area contributed by atoms with Crippen molar-refractivity contribution in [3.63, 3.8) is 0 Å². The van der Waals surface area contributed by atoms with Crippen molar-refractivity contribution < 1.29 is 14.7 Å². The van der Waals surface area contributed by atoms with Crippen LogP contribution in [-0.4, -0.2) is 16.8 Å². The fraction of sp³-hybridized carbons (Fsp3) is 0.167. The van der Waals surface area contributed by atoms with E-state index in [1.165, 1.54) is 16.2 Å². The number of anilines is 1. The van der Waals surface area contributed by atoms with Crippen molar-refractivity contribution in [2.24, 2.45) is 0 Å². The van der Waals surface area contributed by atoms with Crippen molar-refractivity contribution in [2.45, 2.75) is 26.8 Å². The number of aryl methyl sites for hydroxylation is 3. The molecule has 1 unspecified atom stereocenters. The van der Waals surface area contributed by atoms with E-state index in [1.54, 1.807) is 12.1 Å². The Hall–Kier alpha value is -3.18. The molecule has 1 fully saturated rings. The molecule has 146 valence electrons. The van der Waals surface area contributed by atoms with Crippen molar-refractivity contribution >= 4 is 34.5 Å². The van der Waals surface area contributed by atoms with Gasteiger partial charge in [0.1, 0.15) is 11.8 Å². The minimum Gasteiger partial charge on any atom is -0.507 e. The van der Waals surface area contributed by atoms with Crippen molar-refractivity contribution in [3.05, 3.63) is 92.7 Å². The fourth-order valence-electron chi connectivity index (χ4n) is 3.69. The Morgan fingerprint density at radius 2 is 1.62 bits per heavy atom. The topological polar surface area (TPSA) is 57.6 Å². The second kappa shape index (κ2) is 7.33. The molecule has 0 saturated carbocycles. The van der Waals surface area contributed by atoms with Crippen molar-refractivity contribution in [3.8, 4) is 0 Å². The monoisotopic (exact) mass is 403 g/mol. The molecule has 0 aliphatic carbocycles. The van der Waals surface area contributed by atoms with Crippen LogP contribution in [0.1, 0.15) is 33.2 Å². The van der Waals surface area contributed by atoms with Crippen LogP contribution in [0.3, 0.4) is 0 Å². The van der Waals surface area contributed by atoms with Gasteiger partial charge >= 0.3 is 0 Å². The van der Waals surface area contributed by atoms with Gasteiger partial charge in [-0.25, -0.2) is 0 Å². The quantitative estimate of drug-likeness (QED) is 0.367. The van der Waals surface area contributed by atoms with Crippen LogP contribution < -0.4 is 4.90 Å². The van der Waals surface area contributed by atoms with Crippen molar-refractivity contribution in [1.29, 1.82) is 0 Å². The number of rotatable bonds is 3. The SMILES string of the molecule is Cc1ccc(/C(O)=C2/C(=O)C(=O)N(c3ccccc3C)C2c2sccc2C)cc1. The second-order valence-corrected chi connectivity index (χ2v) is 8.24. The molecule has 0 radical (unpaired) electrons. The van der Waals surface area contributed by atoms with E-state index in [9.17, 15) is 14.7 Å². The van der Waals surface area contributed by atoms with Gasteiger partial charge in [-0.2, -0.15) is 0 Å². The fourth-order valence-corrected chi connectivity index (χ4v) is 4.72. The van der Waals surface area contributed by atoms with Gasteiger partial charge in [-0.1, -0.05) is 48.0 Å². The number of para-hydroxylation sites is 1. The normalized spacial score (nSPS) is 18.4. The first kappa shape index (κ1) is 19.2. The molecule has 1 atom stereocenters. The van der Waals surface area contributed by atoms with Gasteiger partial charge in [0.25, 0.3) is 11.7 Å². The molecule has 2 aromatic carbocycles. The predicted octanol–water partition coefficient (Wildman–Crippen LogP) is 5.30. The summed E-state index contributed by atoms with van der Waals surface area (Å²) in [5, 5.41) is 13.0. The summed E-state index contributed by atoms with van der Waals surface area (Å²) in [5.74, 6) is -1.42. The molecule has 3 aromatic rings. The van der Waals surface area contributed by atoms with Gasteiger partial charge in [0.15, 0.2) is 0 Å². The van der Waals surface area contributed by atoms with Crippen LogP contribution in [0.25, 0.3) is 5.76 Å². The van der Waals surface area contributed by atoms with Crippen LogP contribution in [0.15, 0.2) is 65.6 Å². The number of aliphatic hydroxyl groups is 1. The zero-order chi connectivity index (χ0) is 20.7. The Labute approximate surface area is 173 Å². The number of aliphatic hydroxyl groups excluding tert-OH is 1. The molecule has 1 saturated heterocycles. The molecule has 1 aliphatic rings. The Morgan fingerprint density at radius 1 is 0.931 bits per heavy atom. The number of hydrogen-bond donors (Lipinski definition) is 1. The summed E-state index contributed by atoms with van der Waals surface area (Å²) >= 11 is 1.48. The molecule has 0 bridgehead atoms. The average Bonchev–Trinajstić information content (AvgIpc) is 3.23. The molecular weight excluding hydrogens is 382 g/mol. The highest BCUT2D eigenvalue weighted by Crippen LogP contribution is 2.45. The first-order chi connectivity index (χ1) is 13.9. The number of Topliss-reactive ketones (excluding diaryl/α,β-unsaturated/α-hetero) is 1. The average molecular weight is 404 g/mol. The summed E-state index contributed by atoms with van der Waals surface area (Å²) in [5.41, 5.74) is 4.26. The molecule has 2 heterocycles. The Morgan fingerprint density at radius 3 is 2.24 bits per heavy atom. The van der Waals surface area contributed by atoms with Crippen molar-refractivity contribution in [2.75, 3.05) is 4.90 Å². The maximum absolute atomic E-state index is 13.1. The van der Waals surface area contributed by atoms with Crippen LogP contribution >= 0.6 is 11.3 Å². The zero-order valence-corrected chi connectivity index (χ0v) is 17.3. The first-order valence-corrected chi connectivity index (χ1v) is 10.3. The number of hydrogen-bond acceptors (Lipinski definition) is 4. The number of benzene rings is 2. The lowest BCUT2D eigenvalue weighted by atomic mass is 9.97. The van der Waals surface area contributed by atoms with Gasteiger partial charge in [0.2, 0.25) is 0 Å². The lowest BCUT2D eigenvalue weighted by Crippen LogP contribution is -2.30. The Bertz CT molecular complexity index is 1140. The smallest absolute Gasteiger partial charge is 0.300 e. The van der Waals surface area contributed by atoms with Crippen LogP contribution in [0.2, 0.25) is 0 Å². The molecule has 0 spiro atoms. The third kappa shape index (κ3) is 3.17. The predicted molar refractivity (Wildman–Crippen MR) is 116 cm³/mol. The summed E-state index contributed by atoms with van der Waals surface area (Å²) in [7, 11) is 0. The Kier molecular flexibility index (Phi) is 4.84. The van der Waals surface area contributed by atoms with E-state index in [2.05, 4.69) is 0 Å². The molecule has 29 heavy (non-hydrogen) atoms. The maximum atomic E-state index is 13.1. The summed E-state index contributed by atoms with van der Waals surface area (Å²) in [6, 6.07) is 16.1. The molecule has 5 heteroatoms. The van der Waals surface area contributed by atoms with Gasteiger partial charge < -0.3 is 5.11 Å². The third-order valence-electron chi connectivity index (χ3n) is 5.29. The van der Waals surface area contributed by atoms with E-state index in [1.807, 2.05) is 68.6 Å². The molecular formula is C24H21NO3S. The highest BCUT2D eigenvalue weighted by Gasteiger charge is 2.48. The number of carbonyl (C=O) groups excluding carboxylic acids is 2. The number of thiophene rings is 1. The highest BCUT2D eigenvalue weighted by molar-refractivity contribution is 7.10. The number of ketones is 1. The van der Waals surface area contributed by atoms with Gasteiger partial charge in [-0.3, -0.25) is 14.5 Å². The van der Waals surface area contributed by atoms with E-state index in [-0.39, 0.29) is 11.3 Å². The van der Waals surface area contributed by atoms with E-state index in [0.29, 0.717) is 11.3 Å². The minimum absolute atomic E-state index is 0.132. The van der Waals surface area contributed by atoms with Crippen molar-refractivity contribution in [1.82, 2.24) is 0 Å². The number of nitrogens with zero attached hydrogens (tertiary/aromatic N) is 1. The molecule has 1 aromatic heterocycles. The molecule has 1 N–H and O–H groups in total. The third-order valence-corrected chi connectivity index (χ3v) is 6.37. The Balaban J connectivity index is 1.97. The lowest BCUT2D eigenvalue weighted by Gasteiger charge is -2.26. The van der Waals surface area contributed by atoms with Gasteiger partial charge in [0, 0.05) is 16.1 Å². The summed E-state index contributed by atoms with van der Waals surface area (Å²) in [4.78, 5) is 28.6. The first-order valence-electron chi connectivity index (χ1n) is 9.38. The van der Waals surface area contributed by atoms with E-state index in [0.717, 1.165) is 21.6 Å². The van der Waals surface area contributed by atoms with Gasteiger partial charge in [-0.05, 0) is 49.4 Å². The highest BCUT2D eigenvalue weighted by atomic mass is 32.1. The maximum Gasteiger partial charge on any atom is 0.300 e. The van der Waals surface area contributed by atoms with Crippen LogP contribution in [0.4, 0.5) is 5.69 Å². The number of carbonyl (C=O) groups is 2. The zero-order valence-electron chi connectivity index (χ0n) is 16.5. The number of amides is 1. The van der Waals surface area contributed by atoms with E-state index < -0.39 is 17.7 Å². The minimum atomic E-state index is -0.663. The van der Waals surface area contributed by atoms with Crippen LogP contribution in [-0.2, 0) is 9.59 Å². The van der Waals surface area contributed by atoms with Crippen LogP contribution in [0, 0.1) is 20.8 Å². The van der Waals surface area contributed by atoms with Gasteiger partial charge in [0.05, 0.1) is 5.57 Å². The van der Waals surface area contributed by atoms with E-state index >= 15 is 0 Å². The van der Waals surface area contributed by atoms with Gasteiger partial charge in [-0.15, -0.1) is 11.3 Å². The lowest BCUT2D eigenvalue weighted by molar-refractivity contribution is -0.132. The summed E-state index contributed by atoms with van der Waals surface area (Å²) < 4.78 is 0. The molecule has 1 amide bonds.